The van der Waals surface area contributed by atoms with E-state index in [1.165, 1.54) is 5.56 Å². The maximum atomic E-state index is 12.1. The molecule has 0 fully saturated rings. The second-order valence-electron chi connectivity index (χ2n) is 7.24. The molecule has 1 heterocycles. The van der Waals surface area contributed by atoms with Crippen LogP contribution in [0.1, 0.15) is 37.8 Å². The molecule has 0 bridgehead atoms. The van der Waals surface area contributed by atoms with E-state index in [9.17, 15) is 4.79 Å². The van der Waals surface area contributed by atoms with Crippen LogP contribution in [0.3, 0.4) is 0 Å². The molecule has 150 valence electrons. The second kappa shape index (κ2) is 10.0. The highest BCUT2D eigenvalue weighted by molar-refractivity contribution is 5.76. The summed E-state index contributed by atoms with van der Waals surface area (Å²) < 4.78 is 16.8. The van der Waals surface area contributed by atoms with Crippen molar-refractivity contribution in [2.45, 2.75) is 45.6 Å². The summed E-state index contributed by atoms with van der Waals surface area (Å²) in [6.07, 6.45) is 3.20. The van der Waals surface area contributed by atoms with E-state index >= 15 is 0 Å². The SMILES string of the molecule is CC(C)Oc1ccc(CCCNC(=O)CCc2ccc3c(c2)OCCO3)cc1. The number of hydrogen-bond donors (Lipinski definition) is 1. The van der Waals surface area contributed by atoms with Gasteiger partial charge in [-0.1, -0.05) is 18.2 Å². The highest BCUT2D eigenvalue weighted by Gasteiger charge is 2.12. The zero-order valence-corrected chi connectivity index (χ0v) is 16.7. The zero-order valence-electron chi connectivity index (χ0n) is 16.7. The Morgan fingerprint density at radius 3 is 2.46 bits per heavy atom. The van der Waals surface area contributed by atoms with Crippen LogP contribution in [-0.2, 0) is 17.6 Å². The quantitative estimate of drug-likeness (QED) is 0.667. The molecule has 0 aliphatic carbocycles. The van der Waals surface area contributed by atoms with E-state index in [0.717, 1.165) is 35.7 Å². The summed E-state index contributed by atoms with van der Waals surface area (Å²) in [4.78, 5) is 12.1. The number of benzene rings is 2. The molecule has 5 nitrogen and oxygen atoms in total. The number of carbonyl (C=O) groups is 1. The first-order chi connectivity index (χ1) is 13.6. The minimum atomic E-state index is 0.0792. The van der Waals surface area contributed by atoms with Crippen molar-refractivity contribution < 1.29 is 19.0 Å². The number of aryl methyl sites for hydroxylation is 2. The van der Waals surface area contributed by atoms with Crippen LogP contribution < -0.4 is 19.5 Å². The lowest BCUT2D eigenvalue weighted by molar-refractivity contribution is -0.121. The first kappa shape index (κ1) is 20.1. The fraction of sp³-hybridized carbons (Fsp3) is 0.435. The molecule has 1 amide bonds. The fourth-order valence-electron chi connectivity index (χ4n) is 3.12. The molecule has 0 atom stereocenters. The number of carbonyl (C=O) groups excluding carboxylic acids is 1. The molecule has 1 N–H and O–H groups in total. The monoisotopic (exact) mass is 383 g/mol. The largest absolute Gasteiger partial charge is 0.491 e. The lowest BCUT2D eigenvalue weighted by atomic mass is 10.1. The van der Waals surface area contributed by atoms with E-state index < -0.39 is 0 Å². The standard InChI is InChI=1S/C23H29NO4/c1-17(2)28-20-9-5-18(6-10-20)4-3-13-24-23(25)12-8-19-7-11-21-22(16-19)27-15-14-26-21/h5-7,9-11,16-17H,3-4,8,12-15H2,1-2H3,(H,24,25). The predicted octanol–water partition coefficient (Wildman–Crippen LogP) is 3.93. The third-order valence-corrected chi connectivity index (χ3v) is 4.51. The molecular formula is C23H29NO4. The molecule has 0 spiro atoms. The van der Waals surface area contributed by atoms with Crippen molar-refractivity contribution in [2.24, 2.45) is 0 Å². The fourth-order valence-corrected chi connectivity index (χ4v) is 3.12. The first-order valence-corrected chi connectivity index (χ1v) is 10.0. The Hall–Kier alpha value is -2.69. The van der Waals surface area contributed by atoms with Crippen LogP contribution in [0.4, 0.5) is 0 Å². The Morgan fingerprint density at radius 2 is 1.71 bits per heavy atom. The van der Waals surface area contributed by atoms with Gasteiger partial charge in [-0.25, -0.2) is 0 Å². The normalized spacial score (nSPS) is 12.7. The average molecular weight is 383 g/mol. The maximum absolute atomic E-state index is 12.1. The molecule has 5 heteroatoms. The zero-order chi connectivity index (χ0) is 19.8. The molecule has 2 aromatic rings. The molecule has 1 aliphatic rings. The number of nitrogens with one attached hydrogen (secondary N) is 1. The van der Waals surface area contributed by atoms with Gasteiger partial charge in [0.2, 0.25) is 5.91 Å². The molecule has 0 saturated carbocycles. The van der Waals surface area contributed by atoms with Crippen molar-refractivity contribution in [1.29, 1.82) is 0 Å². The van der Waals surface area contributed by atoms with Gasteiger partial charge < -0.3 is 19.5 Å². The molecule has 28 heavy (non-hydrogen) atoms. The van der Waals surface area contributed by atoms with Crippen LogP contribution in [0.15, 0.2) is 42.5 Å². The van der Waals surface area contributed by atoms with E-state index in [1.807, 2.05) is 44.2 Å². The smallest absolute Gasteiger partial charge is 0.220 e. The summed E-state index contributed by atoms with van der Waals surface area (Å²) in [5.74, 6) is 2.53. The Bertz CT molecular complexity index is 771. The van der Waals surface area contributed by atoms with Gasteiger partial charge in [-0.05, 0) is 68.5 Å². The van der Waals surface area contributed by atoms with Crippen LogP contribution in [0.2, 0.25) is 0 Å². The average Bonchev–Trinajstić information content (AvgIpc) is 2.70. The lowest BCUT2D eigenvalue weighted by Gasteiger charge is -2.18. The van der Waals surface area contributed by atoms with Crippen molar-refractivity contribution in [1.82, 2.24) is 5.32 Å². The molecule has 0 aromatic heterocycles. The highest BCUT2D eigenvalue weighted by atomic mass is 16.6. The van der Waals surface area contributed by atoms with Gasteiger partial charge in [-0.3, -0.25) is 4.79 Å². The van der Waals surface area contributed by atoms with Gasteiger partial charge in [0.1, 0.15) is 19.0 Å². The van der Waals surface area contributed by atoms with Gasteiger partial charge >= 0.3 is 0 Å². The van der Waals surface area contributed by atoms with Crippen LogP contribution in [0, 0.1) is 0 Å². The third kappa shape index (κ3) is 6.19. The summed E-state index contributed by atoms with van der Waals surface area (Å²) in [6, 6.07) is 14.0. The Kier molecular flexibility index (Phi) is 7.18. The number of amides is 1. The summed E-state index contributed by atoms with van der Waals surface area (Å²) in [5, 5.41) is 3.00. The van der Waals surface area contributed by atoms with E-state index in [0.29, 0.717) is 32.6 Å². The van der Waals surface area contributed by atoms with Gasteiger partial charge in [0.25, 0.3) is 0 Å². The molecule has 3 rings (SSSR count). The lowest BCUT2D eigenvalue weighted by Crippen LogP contribution is -2.25. The van der Waals surface area contributed by atoms with Gasteiger partial charge in [0.15, 0.2) is 11.5 Å². The van der Waals surface area contributed by atoms with Crippen LogP contribution in [0.25, 0.3) is 0 Å². The summed E-state index contributed by atoms with van der Waals surface area (Å²) in [5.41, 5.74) is 2.34. The van der Waals surface area contributed by atoms with Gasteiger partial charge in [0, 0.05) is 13.0 Å². The van der Waals surface area contributed by atoms with Crippen molar-refractivity contribution in [3.05, 3.63) is 53.6 Å². The minimum Gasteiger partial charge on any atom is -0.491 e. The Morgan fingerprint density at radius 1 is 1.00 bits per heavy atom. The maximum Gasteiger partial charge on any atom is 0.220 e. The molecule has 0 unspecified atom stereocenters. The van der Waals surface area contributed by atoms with E-state index in [1.54, 1.807) is 0 Å². The van der Waals surface area contributed by atoms with Crippen LogP contribution in [0.5, 0.6) is 17.2 Å². The molecule has 1 aliphatic heterocycles. The van der Waals surface area contributed by atoms with Crippen molar-refractivity contribution in [2.75, 3.05) is 19.8 Å². The topological polar surface area (TPSA) is 56.8 Å². The van der Waals surface area contributed by atoms with Gasteiger partial charge in [-0.15, -0.1) is 0 Å². The second-order valence-corrected chi connectivity index (χ2v) is 7.24. The summed E-state index contributed by atoms with van der Waals surface area (Å²) >= 11 is 0. The van der Waals surface area contributed by atoms with Crippen molar-refractivity contribution in [3.63, 3.8) is 0 Å². The summed E-state index contributed by atoms with van der Waals surface area (Å²) in [7, 11) is 0. The third-order valence-electron chi connectivity index (χ3n) is 4.51. The van der Waals surface area contributed by atoms with Crippen molar-refractivity contribution in [3.8, 4) is 17.2 Å². The Labute approximate surface area is 167 Å². The van der Waals surface area contributed by atoms with E-state index in [4.69, 9.17) is 14.2 Å². The van der Waals surface area contributed by atoms with Crippen LogP contribution >= 0.6 is 0 Å². The van der Waals surface area contributed by atoms with Gasteiger partial charge in [-0.2, -0.15) is 0 Å². The first-order valence-electron chi connectivity index (χ1n) is 10.0. The highest BCUT2D eigenvalue weighted by Crippen LogP contribution is 2.31. The molecular weight excluding hydrogens is 354 g/mol. The number of rotatable bonds is 9. The molecule has 2 aromatic carbocycles. The number of fused-ring (bicyclic) bond motifs is 1. The predicted molar refractivity (Wildman–Crippen MR) is 109 cm³/mol. The number of ether oxygens (including phenoxy) is 3. The van der Waals surface area contributed by atoms with E-state index in [-0.39, 0.29) is 12.0 Å². The van der Waals surface area contributed by atoms with Gasteiger partial charge in [0.05, 0.1) is 6.10 Å². The van der Waals surface area contributed by atoms with E-state index in [2.05, 4.69) is 17.4 Å². The van der Waals surface area contributed by atoms with Crippen LogP contribution in [-0.4, -0.2) is 31.8 Å². The molecule has 0 saturated heterocycles. The Balaban J connectivity index is 1.33. The minimum absolute atomic E-state index is 0.0792. The summed E-state index contributed by atoms with van der Waals surface area (Å²) in [6.45, 7) is 5.88. The number of hydrogen-bond acceptors (Lipinski definition) is 4. The van der Waals surface area contributed by atoms with Crippen molar-refractivity contribution >= 4 is 5.91 Å². The molecule has 0 radical (unpaired) electrons.